The number of likely N-dealkylation sites (tertiary alicyclic amines) is 1. The van der Waals surface area contributed by atoms with E-state index in [2.05, 4.69) is 20.5 Å². The number of nitrogens with zero attached hydrogens (tertiary/aromatic N) is 2. The van der Waals surface area contributed by atoms with Gasteiger partial charge in [0.15, 0.2) is 5.96 Å². The van der Waals surface area contributed by atoms with Crippen LogP contribution in [0.25, 0.3) is 0 Å². The SMILES string of the molecule is CCNC(=NCC(=O)Nc1cccc(F)c1)N1CCCC1.I. The van der Waals surface area contributed by atoms with Crippen molar-refractivity contribution in [2.75, 3.05) is 31.5 Å². The van der Waals surface area contributed by atoms with E-state index in [1.54, 1.807) is 12.1 Å². The quantitative estimate of drug-likeness (QED) is 0.447. The van der Waals surface area contributed by atoms with Gasteiger partial charge in [0.2, 0.25) is 5.91 Å². The van der Waals surface area contributed by atoms with Crippen LogP contribution in [-0.2, 0) is 4.79 Å². The molecule has 1 aromatic rings. The van der Waals surface area contributed by atoms with Crippen LogP contribution in [-0.4, -0.2) is 42.9 Å². The molecule has 0 aromatic heterocycles. The minimum Gasteiger partial charge on any atom is -0.357 e. The summed E-state index contributed by atoms with van der Waals surface area (Å²) < 4.78 is 13.0. The molecule has 1 heterocycles. The zero-order valence-corrected chi connectivity index (χ0v) is 15.0. The largest absolute Gasteiger partial charge is 0.357 e. The van der Waals surface area contributed by atoms with Crippen molar-refractivity contribution in [3.8, 4) is 0 Å². The van der Waals surface area contributed by atoms with Crippen molar-refractivity contribution in [2.45, 2.75) is 19.8 Å². The number of carbonyl (C=O) groups is 1. The average molecular weight is 420 g/mol. The van der Waals surface area contributed by atoms with Gasteiger partial charge in [-0.15, -0.1) is 24.0 Å². The van der Waals surface area contributed by atoms with E-state index in [1.807, 2.05) is 6.92 Å². The molecule has 2 rings (SSSR count). The normalized spacial score (nSPS) is 14.5. The van der Waals surface area contributed by atoms with Gasteiger partial charge in [0.05, 0.1) is 0 Å². The number of aliphatic imine (C=N–C) groups is 1. The van der Waals surface area contributed by atoms with Crippen molar-refractivity contribution in [2.24, 2.45) is 4.99 Å². The van der Waals surface area contributed by atoms with Gasteiger partial charge < -0.3 is 15.5 Å². The molecule has 2 N–H and O–H groups in total. The number of guanidine groups is 1. The first-order valence-corrected chi connectivity index (χ1v) is 7.27. The topological polar surface area (TPSA) is 56.7 Å². The van der Waals surface area contributed by atoms with Gasteiger partial charge in [-0.1, -0.05) is 6.07 Å². The van der Waals surface area contributed by atoms with Crippen LogP contribution < -0.4 is 10.6 Å². The Morgan fingerprint density at radius 2 is 2.09 bits per heavy atom. The fraction of sp³-hybridized carbons (Fsp3) is 0.467. The molecule has 5 nitrogen and oxygen atoms in total. The van der Waals surface area contributed by atoms with Gasteiger partial charge in [-0.2, -0.15) is 0 Å². The Balaban J connectivity index is 0.00000242. The fourth-order valence-corrected chi connectivity index (χ4v) is 2.27. The molecule has 0 saturated carbocycles. The summed E-state index contributed by atoms with van der Waals surface area (Å²) in [6.45, 7) is 4.73. The summed E-state index contributed by atoms with van der Waals surface area (Å²) in [7, 11) is 0. The summed E-state index contributed by atoms with van der Waals surface area (Å²) in [4.78, 5) is 18.4. The number of anilines is 1. The molecule has 0 spiro atoms. The highest BCUT2D eigenvalue weighted by molar-refractivity contribution is 14.0. The number of hydrogen-bond acceptors (Lipinski definition) is 2. The molecule has 1 saturated heterocycles. The Morgan fingerprint density at radius 3 is 2.73 bits per heavy atom. The zero-order chi connectivity index (χ0) is 15.1. The number of amides is 1. The number of nitrogens with one attached hydrogen (secondary N) is 2. The Labute approximate surface area is 147 Å². The highest BCUT2D eigenvalue weighted by Crippen LogP contribution is 2.09. The highest BCUT2D eigenvalue weighted by Gasteiger charge is 2.15. The third-order valence-electron chi connectivity index (χ3n) is 3.22. The van der Waals surface area contributed by atoms with Crippen LogP contribution in [0.5, 0.6) is 0 Å². The molecule has 0 aliphatic carbocycles. The van der Waals surface area contributed by atoms with E-state index in [4.69, 9.17) is 0 Å². The van der Waals surface area contributed by atoms with Gasteiger partial charge in [0.1, 0.15) is 12.4 Å². The molecule has 0 unspecified atom stereocenters. The minimum atomic E-state index is -0.373. The molecule has 1 aromatic carbocycles. The predicted molar refractivity (Wildman–Crippen MR) is 97.2 cm³/mol. The number of carbonyl (C=O) groups excluding carboxylic acids is 1. The second kappa shape index (κ2) is 9.60. The van der Waals surface area contributed by atoms with Crippen LogP contribution >= 0.6 is 24.0 Å². The smallest absolute Gasteiger partial charge is 0.246 e. The van der Waals surface area contributed by atoms with Crippen LogP contribution in [0.2, 0.25) is 0 Å². The van der Waals surface area contributed by atoms with E-state index < -0.39 is 0 Å². The molecule has 122 valence electrons. The summed E-state index contributed by atoms with van der Waals surface area (Å²) in [6, 6.07) is 5.83. The van der Waals surface area contributed by atoms with Gasteiger partial charge in [-0.25, -0.2) is 9.38 Å². The lowest BCUT2D eigenvalue weighted by atomic mass is 10.3. The highest BCUT2D eigenvalue weighted by atomic mass is 127. The van der Waals surface area contributed by atoms with Crippen molar-refractivity contribution < 1.29 is 9.18 Å². The maximum atomic E-state index is 13.0. The summed E-state index contributed by atoms with van der Waals surface area (Å²) in [5, 5.41) is 5.83. The molecular formula is C15H22FIN4O. The predicted octanol–water partition coefficient (Wildman–Crippen LogP) is 2.44. The molecule has 0 bridgehead atoms. The average Bonchev–Trinajstić information content (AvgIpc) is 2.97. The second-order valence-corrected chi connectivity index (χ2v) is 4.92. The summed E-state index contributed by atoms with van der Waals surface area (Å²) >= 11 is 0. The van der Waals surface area contributed by atoms with E-state index in [9.17, 15) is 9.18 Å². The molecule has 1 aliphatic heterocycles. The first-order valence-electron chi connectivity index (χ1n) is 7.27. The van der Waals surface area contributed by atoms with Crippen LogP contribution in [0.4, 0.5) is 10.1 Å². The third-order valence-corrected chi connectivity index (χ3v) is 3.22. The number of hydrogen-bond donors (Lipinski definition) is 2. The minimum absolute atomic E-state index is 0. The lowest BCUT2D eigenvalue weighted by Gasteiger charge is -2.20. The van der Waals surface area contributed by atoms with Crippen molar-refractivity contribution in [1.82, 2.24) is 10.2 Å². The Kier molecular flexibility index (Phi) is 8.15. The van der Waals surface area contributed by atoms with Crippen molar-refractivity contribution in [3.63, 3.8) is 0 Å². The second-order valence-electron chi connectivity index (χ2n) is 4.92. The van der Waals surface area contributed by atoms with Gasteiger partial charge >= 0.3 is 0 Å². The molecule has 1 aliphatic rings. The van der Waals surface area contributed by atoms with Gasteiger partial charge in [0, 0.05) is 25.3 Å². The summed E-state index contributed by atoms with van der Waals surface area (Å²) in [5.74, 6) is 0.140. The van der Waals surface area contributed by atoms with Crippen LogP contribution in [0.3, 0.4) is 0 Å². The fourth-order valence-electron chi connectivity index (χ4n) is 2.27. The van der Waals surface area contributed by atoms with E-state index in [1.165, 1.54) is 12.1 Å². The molecule has 0 atom stereocenters. The molecular weight excluding hydrogens is 398 g/mol. The van der Waals surface area contributed by atoms with E-state index >= 15 is 0 Å². The maximum Gasteiger partial charge on any atom is 0.246 e. The van der Waals surface area contributed by atoms with Crippen LogP contribution in [0.15, 0.2) is 29.3 Å². The van der Waals surface area contributed by atoms with Gasteiger partial charge in [-0.3, -0.25) is 4.79 Å². The van der Waals surface area contributed by atoms with E-state index in [0.717, 1.165) is 38.4 Å². The Bertz CT molecular complexity index is 518. The van der Waals surface area contributed by atoms with Crippen molar-refractivity contribution in [3.05, 3.63) is 30.1 Å². The molecule has 7 heteroatoms. The number of benzene rings is 1. The summed E-state index contributed by atoms with van der Waals surface area (Å²) in [5.41, 5.74) is 0.446. The lowest BCUT2D eigenvalue weighted by molar-refractivity contribution is -0.114. The van der Waals surface area contributed by atoms with Crippen molar-refractivity contribution in [1.29, 1.82) is 0 Å². The third kappa shape index (κ3) is 5.78. The van der Waals surface area contributed by atoms with Crippen LogP contribution in [0.1, 0.15) is 19.8 Å². The molecule has 0 radical (unpaired) electrons. The standard InChI is InChI=1S/C15H21FN4O.HI/c1-2-17-15(20-8-3-4-9-20)18-11-14(21)19-13-7-5-6-12(16)10-13;/h5-7,10H,2-4,8-9,11H2,1H3,(H,17,18)(H,19,21);1H. The van der Waals surface area contributed by atoms with E-state index in [-0.39, 0.29) is 42.2 Å². The first kappa shape index (κ1) is 18.7. The lowest BCUT2D eigenvalue weighted by Crippen LogP contribution is -2.40. The number of halogens is 2. The van der Waals surface area contributed by atoms with Gasteiger partial charge in [-0.05, 0) is 38.0 Å². The van der Waals surface area contributed by atoms with Crippen molar-refractivity contribution >= 4 is 41.5 Å². The maximum absolute atomic E-state index is 13.0. The van der Waals surface area contributed by atoms with Crippen LogP contribution in [0, 0.1) is 5.82 Å². The Hall–Kier alpha value is -1.38. The first-order chi connectivity index (χ1) is 10.2. The summed E-state index contributed by atoms with van der Waals surface area (Å²) in [6.07, 6.45) is 2.31. The van der Waals surface area contributed by atoms with E-state index in [0.29, 0.717) is 5.69 Å². The molecule has 1 amide bonds. The zero-order valence-electron chi connectivity index (χ0n) is 12.6. The Morgan fingerprint density at radius 1 is 1.36 bits per heavy atom. The molecule has 1 fully saturated rings. The van der Waals surface area contributed by atoms with Gasteiger partial charge in [0.25, 0.3) is 0 Å². The number of rotatable bonds is 4. The monoisotopic (exact) mass is 420 g/mol. The molecule has 22 heavy (non-hydrogen) atoms.